The first kappa shape index (κ1) is 18.2. The lowest BCUT2D eigenvalue weighted by molar-refractivity contribution is 0.0956. The Morgan fingerprint density at radius 3 is 2.86 bits per heavy atom. The van der Waals surface area contributed by atoms with Crippen LogP contribution in [0.15, 0.2) is 53.8 Å². The molecule has 28 heavy (non-hydrogen) atoms. The Hall–Kier alpha value is -3.20. The van der Waals surface area contributed by atoms with Crippen LogP contribution in [0.1, 0.15) is 28.8 Å². The van der Waals surface area contributed by atoms with Crippen LogP contribution in [0.2, 0.25) is 0 Å². The fourth-order valence-corrected chi connectivity index (χ4v) is 3.74. The molecule has 0 bridgehead atoms. The van der Waals surface area contributed by atoms with Gasteiger partial charge in [-0.25, -0.2) is 4.98 Å². The van der Waals surface area contributed by atoms with Crippen LogP contribution in [-0.4, -0.2) is 36.5 Å². The van der Waals surface area contributed by atoms with E-state index in [0.29, 0.717) is 18.7 Å². The number of nitrogens with one attached hydrogen (secondary N) is 3. The van der Waals surface area contributed by atoms with Crippen molar-refractivity contribution in [2.75, 3.05) is 11.9 Å². The van der Waals surface area contributed by atoms with Crippen molar-refractivity contribution in [1.82, 2.24) is 29.4 Å². The third kappa shape index (κ3) is 3.89. The molecule has 2 aromatic heterocycles. The Bertz CT molecular complexity index is 1010. The lowest BCUT2D eigenvalue weighted by atomic mass is 10.2. The molecule has 9 heteroatoms. The topological polar surface area (TPSA) is 90.9 Å². The SMILES string of the molecule is CCNC(=O)c1ccc(SN2C=C(Nc3cc(C)[nH]n3)n3ccnc3C2)cc1. The van der Waals surface area contributed by atoms with Crippen molar-refractivity contribution in [3.8, 4) is 0 Å². The molecule has 3 N–H and O–H groups in total. The molecule has 0 atom stereocenters. The molecule has 0 saturated heterocycles. The summed E-state index contributed by atoms with van der Waals surface area (Å²) in [7, 11) is 0. The van der Waals surface area contributed by atoms with Crippen molar-refractivity contribution in [3.05, 3.63) is 66.0 Å². The average molecular weight is 395 g/mol. The van der Waals surface area contributed by atoms with Crippen molar-refractivity contribution >= 4 is 29.5 Å². The summed E-state index contributed by atoms with van der Waals surface area (Å²) in [6, 6.07) is 9.54. The number of amides is 1. The molecular weight excluding hydrogens is 374 g/mol. The number of anilines is 1. The van der Waals surface area contributed by atoms with Crippen molar-refractivity contribution in [3.63, 3.8) is 0 Å². The molecule has 0 spiro atoms. The maximum atomic E-state index is 11.9. The zero-order valence-electron chi connectivity index (χ0n) is 15.6. The maximum Gasteiger partial charge on any atom is 0.251 e. The van der Waals surface area contributed by atoms with Crippen LogP contribution in [0.5, 0.6) is 0 Å². The molecule has 8 nitrogen and oxygen atoms in total. The van der Waals surface area contributed by atoms with Crippen LogP contribution >= 0.6 is 11.9 Å². The number of aromatic nitrogens is 4. The molecule has 3 heterocycles. The maximum absolute atomic E-state index is 11.9. The number of H-pyrrole nitrogens is 1. The lowest BCUT2D eigenvalue weighted by Crippen LogP contribution is -2.23. The molecule has 3 aromatic rings. The molecular formula is C19H21N7OS. The first-order chi connectivity index (χ1) is 13.6. The number of benzene rings is 1. The van der Waals surface area contributed by atoms with Gasteiger partial charge in [0.25, 0.3) is 5.91 Å². The number of aromatic amines is 1. The number of carbonyl (C=O) groups is 1. The standard InChI is InChI=1S/C19H21N7OS/c1-3-20-19(27)14-4-6-15(7-5-14)28-25-11-17-21-8-9-26(17)18(12-25)22-16-10-13(2)23-24-16/h4-10,12H,3,11H2,1-2H3,(H,20,27)(H2,22,23,24). The Morgan fingerprint density at radius 2 is 2.14 bits per heavy atom. The van der Waals surface area contributed by atoms with Crippen LogP contribution in [0, 0.1) is 6.92 Å². The first-order valence-electron chi connectivity index (χ1n) is 8.98. The normalized spacial score (nSPS) is 13.1. The van der Waals surface area contributed by atoms with Crippen LogP contribution in [0.3, 0.4) is 0 Å². The van der Waals surface area contributed by atoms with Gasteiger partial charge in [0.1, 0.15) is 11.6 Å². The van der Waals surface area contributed by atoms with E-state index < -0.39 is 0 Å². The quantitative estimate of drug-likeness (QED) is 0.556. The molecule has 0 aliphatic carbocycles. The van der Waals surface area contributed by atoms with Gasteiger partial charge in [-0.3, -0.25) is 14.5 Å². The monoisotopic (exact) mass is 395 g/mol. The summed E-state index contributed by atoms with van der Waals surface area (Å²) in [5, 5.41) is 13.3. The number of hydrogen-bond acceptors (Lipinski definition) is 6. The van der Waals surface area contributed by atoms with E-state index in [1.54, 1.807) is 18.1 Å². The van der Waals surface area contributed by atoms with Gasteiger partial charge >= 0.3 is 0 Å². The summed E-state index contributed by atoms with van der Waals surface area (Å²) in [5.74, 6) is 2.50. The van der Waals surface area contributed by atoms with Crippen molar-refractivity contribution < 1.29 is 4.79 Å². The molecule has 0 saturated carbocycles. The predicted octanol–water partition coefficient (Wildman–Crippen LogP) is 3.06. The number of nitrogens with zero attached hydrogens (tertiary/aromatic N) is 4. The average Bonchev–Trinajstić information content (AvgIpc) is 3.31. The fourth-order valence-electron chi connectivity index (χ4n) is 2.88. The molecule has 1 amide bonds. The van der Waals surface area contributed by atoms with E-state index >= 15 is 0 Å². The summed E-state index contributed by atoms with van der Waals surface area (Å²) in [6.07, 6.45) is 5.74. The summed E-state index contributed by atoms with van der Waals surface area (Å²) in [4.78, 5) is 17.4. The summed E-state index contributed by atoms with van der Waals surface area (Å²) in [6.45, 7) is 5.15. The third-order valence-corrected chi connectivity index (χ3v) is 5.13. The number of carbonyl (C=O) groups excluding carboxylic acids is 1. The number of aryl methyl sites for hydroxylation is 1. The van der Waals surface area contributed by atoms with Gasteiger partial charge in [0, 0.05) is 41.2 Å². The van der Waals surface area contributed by atoms with Crippen molar-refractivity contribution in [1.29, 1.82) is 0 Å². The van der Waals surface area contributed by atoms with Gasteiger partial charge in [-0.1, -0.05) is 0 Å². The Balaban J connectivity index is 1.51. The predicted molar refractivity (Wildman–Crippen MR) is 109 cm³/mol. The van der Waals surface area contributed by atoms with Gasteiger partial charge in [0.05, 0.1) is 12.7 Å². The second-order valence-corrected chi connectivity index (χ2v) is 7.46. The summed E-state index contributed by atoms with van der Waals surface area (Å²) < 4.78 is 4.12. The highest BCUT2D eigenvalue weighted by Gasteiger charge is 2.19. The van der Waals surface area contributed by atoms with Crippen molar-refractivity contribution in [2.24, 2.45) is 0 Å². The molecule has 0 radical (unpaired) electrons. The minimum Gasteiger partial charge on any atom is -0.352 e. The number of fused-ring (bicyclic) bond motifs is 1. The second-order valence-electron chi connectivity index (χ2n) is 6.34. The van der Waals surface area contributed by atoms with Crippen LogP contribution in [-0.2, 0) is 6.54 Å². The van der Waals surface area contributed by atoms with E-state index in [2.05, 4.69) is 30.1 Å². The largest absolute Gasteiger partial charge is 0.352 e. The molecule has 0 unspecified atom stereocenters. The van der Waals surface area contributed by atoms with E-state index in [-0.39, 0.29) is 5.91 Å². The smallest absolute Gasteiger partial charge is 0.251 e. The summed E-state index contributed by atoms with van der Waals surface area (Å²) >= 11 is 1.59. The molecule has 1 aliphatic heterocycles. The minimum atomic E-state index is -0.0558. The molecule has 1 aliphatic rings. The van der Waals surface area contributed by atoms with Gasteiger partial charge in [-0.2, -0.15) is 5.10 Å². The van der Waals surface area contributed by atoms with Crippen LogP contribution in [0.25, 0.3) is 5.82 Å². The molecule has 144 valence electrons. The van der Waals surface area contributed by atoms with Gasteiger partial charge in [-0.05, 0) is 50.1 Å². The van der Waals surface area contributed by atoms with Crippen molar-refractivity contribution in [2.45, 2.75) is 25.3 Å². The Kier molecular flexibility index (Phi) is 5.07. The van der Waals surface area contributed by atoms with Gasteiger partial charge < -0.3 is 14.9 Å². The number of hydrogen-bond donors (Lipinski definition) is 3. The first-order valence-corrected chi connectivity index (χ1v) is 9.76. The molecule has 1 aromatic carbocycles. The highest BCUT2D eigenvalue weighted by molar-refractivity contribution is 7.97. The Labute approximate surface area is 167 Å². The Morgan fingerprint density at radius 1 is 1.32 bits per heavy atom. The lowest BCUT2D eigenvalue weighted by Gasteiger charge is -2.26. The van der Waals surface area contributed by atoms with E-state index in [1.165, 1.54) is 0 Å². The van der Waals surface area contributed by atoms with E-state index in [1.807, 2.05) is 61.1 Å². The molecule has 0 fully saturated rings. The fraction of sp³-hybridized carbons (Fsp3) is 0.211. The number of rotatable bonds is 6. The zero-order chi connectivity index (χ0) is 19.5. The minimum absolute atomic E-state index is 0.0558. The highest BCUT2D eigenvalue weighted by atomic mass is 32.2. The van der Waals surface area contributed by atoms with Gasteiger partial charge in [0.15, 0.2) is 5.82 Å². The number of imidazole rings is 1. The third-order valence-electron chi connectivity index (χ3n) is 4.18. The zero-order valence-corrected chi connectivity index (χ0v) is 16.5. The summed E-state index contributed by atoms with van der Waals surface area (Å²) in [5.41, 5.74) is 1.65. The van der Waals surface area contributed by atoms with E-state index in [0.717, 1.165) is 28.1 Å². The van der Waals surface area contributed by atoms with E-state index in [9.17, 15) is 4.79 Å². The molecule has 4 rings (SSSR count). The van der Waals surface area contributed by atoms with Gasteiger partial charge in [-0.15, -0.1) is 0 Å². The van der Waals surface area contributed by atoms with Crippen LogP contribution < -0.4 is 10.6 Å². The second kappa shape index (κ2) is 7.81. The van der Waals surface area contributed by atoms with E-state index in [4.69, 9.17) is 0 Å². The van der Waals surface area contributed by atoms with Gasteiger partial charge in [0.2, 0.25) is 0 Å². The highest BCUT2D eigenvalue weighted by Crippen LogP contribution is 2.30. The van der Waals surface area contributed by atoms with Crippen LogP contribution in [0.4, 0.5) is 5.82 Å².